The average molecular weight is 362 g/mol. The van der Waals surface area contributed by atoms with Gasteiger partial charge in [-0.25, -0.2) is 0 Å². The Morgan fingerprint density at radius 1 is 1.22 bits per heavy atom. The first-order chi connectivity index (χ1) is 13.1. The quantitative estimate of drug-likeness (QED) is 0.775. The van der Waals surface area contributed by atoms with Gasteiger partial charge in [-0.15, -0.1) is 0 Å². The maximum atomic E-state index is 12.5. The summed E-state index contributed by atoms with van der Waals surface area (Å²) in [6, 6.07) is 17.0. The van der Waals surface area contributed by atoms with Crippen LogP contribution < -0.4 is 5.32 Å². The first kappa shape index (κ1) is 17.7. The number of hydrogen-bond acceptors (Lipinski definition) is 3. The third-order valence-electron chi connectivity index (χ3n) is 5.46. The van der Waals surface area contributed by atoms with Crippen LogP contribution in [0.3, 0.4) is 0 Å². The molecule has 1 amide bonds. The van der Waals surface area contributed by atoms with Crippen LogP contribution >= 0.6 is 0 Å². The van der Waals surface area contributed by atoms with Crippen LogP contribution in [0, 0.1) is 6.92 Å². The maximum absolute atomic E-state index is 12.5. The second-order valence-corrected chi connectivity index (χ2v) is 7.48. The smallest absolute Gasteiger partial charge is 0.272 e. The van der Waals surface area contributed by atoms with Crippen molar-refractivity contribution in [2.75, 3.05) is 13.1 Å². The number of hydrogen-bond donors (Lipinski definition) is 1. The van der Waals surface area contributed by atoms with Crippen LogP contribution in [-0.2, 0) is 13.6 Å². The van der Waals surface area contributed by atoms with Crippen molar-refractivity contribution in [1.82, 2.24) is 20.0 Å². The van der Waals surface area contributed by atoms with Gasteiger partial charge in [0.2, 0.25) is 0 Å². The normalized spacial score (nSPS) is 17.9. The highest BCUT2D eigenvalue weighted by Crippen LogP contribution is 2.22. The van der Waals surface area contributed by atoms with Crippen LogP contribution in [0.1, 0.15) is 34.6 Å². The Bertz CT molecular complexity index is 937. The van der Waals surface area contributed by atoms with E-state index in [2.05, 4.69) is 57.8 Å². The summed E-state index contributed by atoms with van der Waals surface area (Å²) in [4.78, 5) is 15.0. The highest BCUT2D eigenvalue weighted by atomic mass is 16.2. The first-order valence-corrected chi connectivity index (χ1v) is 9.60. The van der Waals surface area contributed by atoms with Crippen LogP contribution in [0.25, 0.3) is 10.8 Å². The summed E-state index contributed by atoms with van der Waals surface area (Å²) in [5, 5.41) is 10.1. The monoisotopic (exact) mass is 362 g/mol. The van der Waals surface area contributed by atoms with E-state index in [1.54, 1.807) is 4.68 Å². The van der Waals surface area contributed by atoms with Gasteiger partial charge >= 0.3 is 0 Å². The molecular formula is C22H26N4O. The summed E-state index contributed by atoms with van der Waals surface area (Å²) in [5.74, 6) is -0.0734. The number of rotatable bonds is 4. The molecular weight excluding hydrogens is 336 g/mol. The molecule has 0 aliphatic carbocycles. The van der Waals surface area contributed by atoms with Crippen molar-refractivity contribution in [1.29, 1.82) is 0 Å². The van der Waals surface area contributed by atoms with Gasteiger partial charge in [-0.2, -0.15) is 5.10 Å². The Morgan fingerprint density at radius 2 is 2.04 bits per heavy atom. The van der Waals surface area contributed by atoms with Gasteiger partial charge < -0.3 is 5.32 Å². The van der Waals surface area contributed by atoms with Crippen LogP contribution in [0.5, 0.6) is 0 Å². The fraction of sp³-hybridized carbons (Fsp3) is 0.364. The molecule has 1 atom stereocenters. The number of amides is 1. The summed E-state index contributed by atoms with van der Waals surface area (Å²) in [5.41, 5.74) is 2.84. The summed E-state index contributed by atoms with van der Waals surface area (Å²) in [7, 11) is 1.86. The van der Waals surface area contributed by atoms with E-state index in [0.29, 0.717) is 5.69 Å². The van der Waals surface area contributed by atoms with Gasteiger partial charge in [0.15, 0.2) is 0 Å². The summed E-state index contributed by atoms with van der Waals surface area (Å²) >= 11 is 0. The third-order valence-corrected chi connectivity index (χ3v) is 5.46. The Hall–Kier alpha value is -2.66. The van der Waals surface area contributed by atoms with Crippen LogP contribution in [0.15, 0.2) is 48.5 Å². The highest BCUT2D eigenvalue weighted by molar-refractivity contribution is 5.92. The second-order valence-electron chi connectivity index (χ2n) is 7.48. The summed E-state index contributed by atoms with van der Waals surface area (Å²) in [6.45, 7) is 4.81. The maximum Gasteiger partial charge on any atom is 0.272 e. The number of aromatic nitrogens is 2. The molecule has 3 aromatic rings. The predicted molar refractivity (Wildman–Crippen MR) is 108 cm³/mol. The predicted octanol–water partition coefficient (Wildman–Crippen LogP) is 3.28. The molecule has 2 aromatic carbocycles. The second kappa shape index (κ2) is 7.53. The van der Waals surface area contributed by atoms with Crippen LogP contribution in [0.4, 0.5) is 0 Å². The Morgan fingerprint density at radius 3 is 2.85 bits per heavy atom. The molecule has 0 saturated carbocycles. The number of fused-ring (bicyclic) bond motifs is 1. The van der Waals surface area contributed by atoms with Gasteiger partial charge in [0.05, 0.1) is 0 Å². The largest absolute Gasteiger partial charge is 0.347 e. The molecule has 2 heterocycles. The zero-order valence-electron chi connectivity index (χ0n) is 16.0. The van der Waals surface area contributed by atoms with Crippen molar-refractivity contribution in [2.24, 2.45) is 7.05 Å². The van der Waals surface area contributed by atoms with Gasteiger partial charge in [0, 0.05) is 31.9 Å². The lowest BCUT2D eigenvalue weighted by Crippen LogP contribution is -2.47. The molecule has 0 bridgehead atoms. The molecule has 27 heavy (non-hydrogen) atoms. The molecule has 1 fully saturated rings. The van der Waals surface area contributed by atoms with Crippen LogP contribution in [-0.4, -0.2) is 39.7 Å². The van der Waals surface area contributed by atoms with E-state index < -0.39 is 0 Å². The molecule has 1 aliphatic heterocycles. The summed E-state index contributed by atoms with van der Waals surface area (Å²) in [6.07, 6.45) is 2.11. The average Bonchev–Trinajstić information content (AvgIpc) is 3.01. The molecule has 1 saturated heterocycles. The number of benzene rings is 2. The molecule has 1 aliphatic rings. The fourth-order valence-corrected chi connectivity index (χ4v) is 3.92. The molecule has 0 radical (unpaired) electrons. The number of carbonyl (C=O) groups is 1. The van der Waals surface area contributed by atoms with E-state index in [1.165, 1.54) is 16.3 Å². The van der Waals surface area contributed by atoms with Crippen molar-refractivity contribution in [3.05, 3.63) is 65.5 Å². The Balaban J connectivity index is 1.42. The Kier molecular flexibility index (Phi) is 4.94. The molecule has 1 unspecified atom stereocenters. The number of likely N-dealkylation sites (tertiary alicyclic amines) is 1. The van der Waals surface area contributed by atoms with E-state index in [1.807, 2.05) is 20.0 Å². The molecule has 1 aromatic heterocycles. The molecule has 0 spiro atoms. The van der Waals surface area contributed by atoms with E-state index in [4.69, 9.17) is 0 Å². The lowest BCUT2D eigenvalue weighted by atomic mass is 10.0. The molecule has 4 rings (SSSR count). The van der Waals surface area contributed by atoms with Crippen molar-refractivity contribution in [2.45, 2.75) is 32.4 Å². The van der Waals surface area contributed by atoms with E-state index in [0.717, 1.165) is 38.2 Å². The van der Waals surface area contributed by atoms with Crippen molar-refractivity contribution >= 4 is 16.7 Å². The first-order valence-electron chi connectivity index (χ1n) is 9.60. The fourth-order valence-electron chi connectivity index (χ4n) is 3.92. The van der Waals surface area contributed by atoms with E-state index >= 15 is 0 Å². The molecule has 5 heteroatoms. The molecule has 140 valence electrons. The van der Waals surface area contributed by atoms with Gasteiger partial charge in [0.25, 0.3) is 5.91 Å². The topological polar surface area (TPSA) is 50.2 Å². The number of nitrogens with one attached hydrogen (secondary N) is 1. The standard InChI is InChI=1S/C22H26N4O/c1-16-13-21(24-25(16)2)22(27)23-19-10-6-12-26(15-19)14-18-9-5-8-17-7-3-4-11-20(17)18/h3-5,7-9,11,13,19H,6,10,12,14-15H2,1-2H3,(H,23,27). The minimum Gasteiger partial charge on any atom is -0.347 e. The third kappa shape index (κ3) is 3.88. The van der Waals surface area contributed by atoms with Crippen molar-refractivity contribution in [3.8, 4) is 0 Å². The lowest BCUT2D eigenvalue weighted by Gasteiger charge is -2.33. The zero-order chi connectivity index (χ0) is 18.8. The highest BCUT2D eigenvalue weighted by Gasteiger charge is 2.23. The minimum absolute atomic E-state index is 0.0734. The lowest BCUT2D eigenvalue weighted by molar-refractivity contribution is 0.0895. The number of aryl methyl sites for hydroxylation is 2. The molecule has 1 N–H and O–H groups in total. The van der Waals surface area contributed by atoms with Crippen LogP contribution in [0.2, 0.25) is 0 Å². The number of piperidine rings is 1. The van der Waals surface area contributed by atoms with Gasteiger partial charge in [0.1, 0.15) is 5.69 Å². The SMILES string of the molecule is Cc1cc(C(=O)NC2CCCN(Cc3cccc4ccccc34)C2)nn1C. The number of nitrogens with zero attached hydrogens (tertiary/aromatic N) is 3. The van der Waals surface area contributed by atoms with E-state index in [-0.39, 0.29) is 11.9 Å². The summed E-state index contributed by atoms with van der Waals surface area (Å²) < 4.78 is 1.74. The number of carbonyl (C=O) groups excluding carboxylic acids is 1. The van der Waals surface area contributed by atoms with Crippen molar-refractivity contribution in [3.63, 3.8) is 0 Å². The van der Waals surface area contributed by atoms with Crippen molar-refractivity contribution < 1.29 is 4.79 Å². The van der Waals surface area contributed by atoms with Gasteiger partial charge in [-0.1, -0.05) is 42.5 Å². The van der Waals surface area contributed by atoms with E-state index in [9.17, 15) is 4.79 Å². The molecule has 5 nitrogen and oxygen atoms in total. The van der Waals surface area contributed by atoms with Gasteiger partial charge in [-0.3, -0.25) is 14.4 Å². The van der Waals surface area contributed by atoms with Gasteiger partial charge in [-0.05, 0) is 48.7 Å². The Labute approximate surface area is 160 Å². The zero-order valence-corrected chi connectivity index (χ0v) is 16.0. The minimum atomic E-state index is -0.0734.